The first-order valence-corrected chi connectivity index (χ1v) is 22.1. The normalized spacial score (nSPS) is 15.6. The van der Waals surface area contributed by atoms with Crippen molar-refractivity contribution in [1.29, 1.82) is 0 Å². The van der Waals surface area contributed by atoms with Gasteiger partial charge in [0.25, 0.3) is 0 Å². The molecule has 3 aromatic heterocycles. The summed E-state index contributed by atoms with van der Waals surface area (Å²) in [7, 11) is 0.847. The SMILES string of the molecule is CC(C)(C)c1ccc(Nc2cc3c(cc2-c2ccc4c5c6c(ccc5n5c4c2Bc2cc4c(cc2-5)sc2ccccc24)oc2ccccc26)C(C)(C)CCC3(C)C)cc1. The third kappa shape index (κ3) is 5.07. The Morgan fingerprint density at radius 1 is 0.644 bits per heavy atom. The zero-order valence-electron chi connectivity index (χ0n) is 34.9. The van der Waals surface area contributed by atoms with E-state index in [4.69, 9.17) is 4.42 Å². The Morgan fingerprint density at radius 3 is 2.15 bits per heavy atom. The van der Waals surface area contributed by atoms with E-state index in [1.807, 2.05) is 11.3 Å². The number of rotatable bonds is 3. The average molecular weight is 783 g/mol. The maximum atomic E-state index is 6.52. The summed E-state index contributed by atoms with van der Waals surface area (Å²) >= 11 is 1.90. The van der Waals surface area contributed by atoms with Gasteiger partial charge in [0.1, 0.15) is 11.2 Å². The maximum absolute atomic E-state index is 6.52. The minimum atomic E-state index is 0.0644. The van der Waals surface area contributed by atoms with E-state index in [9.17, 15) is 0 Å². The Morgan fingerprint density at radius 2 is 1.37 bits per heavy atom. The fourth-order valence-electron chi connectivity index (χ4n) is 10.7. The second-order valence-corrected chi connectivity index (χ2v) is 20.8. The first-order valence-electron chi connectivity index (χ1n) is 21.3. The lowest BCUT2D eigenvalue weighted by Crippen LogP contribution is -2.37. The molecule has 0 saturated heterocycles. The molecule has 0 atom stereocenters. The average Bonchev–Trinajstić information content (AvgIpc) is 3.89. The molecule has 288 valence electrons. The molecule has 10 aromatic rings. The second kappa shape index (κ2) is 11.9. The monoisotopic (exact) mass is 782 g/mol. The number of furan rings is 1. The number of aromatic nitrogens is 1. The van der Waals surface area contributed by atoms with Gasteiger partial charge in [0, 0.05) is 64.5 Å². The van der Waals surface area contributed by atoms with E-state index in [0.29, 0.717) is 0 Å². The Hall–Kier alpha value is -5.78. The van der Waals surface area contributed by atoms with Crippen LogP contribution in [0.5, 0.6) is 0 Å². The van der Waals surface area contributed by atoms with Crippen molar-refractivity contribution < 1.29 is 4.42 Å². The van der Waals surface area contributed by atoms with Crippen molar-refractivity contribution in [3.63, 3.8) is 0 Å². The van der Waals surface area contributed by atoms with Crippen LogP contribution in [-0.4, -0.2) is 11.8 Å². The van der Waals surface area contributed by atoms with E-state index in [1.165, 1.54) is 116 Å². The molecule has 59 heavy (non-hydrogen) atoms. The van der Waals surface area contributed by atoms with Crippen LogP contribution in [0.25, 0.3) is 80.7 Å². The number of fused-ring (bicyclic) bond motifs is 13. The summed E-state index contributed by atoms with van der Waals surface area (Å²) in [4.78, 5) is 0. The van der Waals surface area contributed by atoms with Gasteiger partial charge in [-0.15, -0.1) is 11.3 Å². The van der Waals surface area contributed by atoms with Crippen LogP contribution in [0.2, 0.25) is 0 Å². The summed E-state index contributed by atoms with van der Waals surface area (Å²) in [6, 6.07) is 45.9. The molecule has 0 fully saturated rings. The van der Waals surface area contributed by atoms with Gasteiger partial charge in [-0.2, -0.15) is 0 Å². The standard InChI is InChI=1S/C54H47BN2OS/c1-52(2,3)30-16-18-31(19-17-30)56-41-28-39-38(53(4,5)24-25-54(39,6)7)26-36(41)33-20-21-35-48-42(22-23-45-49(48)34-13-8-10-14-44(34)58-45)57-43-29-47-37(27-40(43)55-50(33)51(35)57)32-12-9-11-15-46(32)59-47/h8-23,26-29,55-56H,24-25H2,1-7H3. The van der Waals surface area contributed by atoms with Gasteiger partial charge in [-0.25, -0.2) is 0 Å². The lowest BCUT2D eigenvalue weighted by Gasteiger charge is -2.42. The molecule has 1 aliphatic heterocycles. The van der Waals surface area contributed by atoms with Crippen LogP contribution in [0.1, 0.15) is 78.0 Å². The van der Waals surface area contributed by atoms with E-state index < -0.39 is 0 Å². The highest BCUT2D eigenvalue weighted by molar-refractivity contribution is 7.25. The smallest absolute Gasteiger partial charge is 0.198 e. The van der Waals surface area contributed by atoms with Gasteiger partial charge in [0.05, 0.1) is 5.52 Å². The van der Waals surface area contributed by atoms with Gasteiger partial charge in [-0.05, 0) is 117 Å². The van der Waals surface area contributed by atoms with Crippen LogP contribution in [0, 0.1) is 0 Å². The third-order valence-electron chi connectivity index (χ3n) is 14.0. The van der Waals surface area contributed by atoms with E-state index in [1.54, 1.807) is 0 Å². The molecule has 2 aliphatic rings. The molecule has 0 radical (unpaired) electrons. The molecule has 0 amide bonds. The molecular weight excluding hydrogens is 735 g/mol. The van der Waals surface area contributed by atoms with Crippen LogP contribution in [-0.2, 0) is 16.2 Å². The van der Waals surface area contributed by atoms with Gasteiger partial charge in [-0.3, -0.25) is 0 Å². The van der Waals surface area contributed by atoms with Crippen molar-refractivity contribution in [1.82, 2.24) is 4.57 Å². The molecule has 0 spiro atoms. The summed E-state index contributed by atoms with van der Waals surface area (Å²) in [5.74, 6) is 0. The number of benzene rings is 7. The first kappa shape index (κ1) is 35.2. The van der Waals surface area contributed by atoms with Gasteiger partial charge in [0.2, 0.25) is 0 Å². The Labute approximate surface area is 349 Å². The number of hydrogen-bond acceptors (Lipinski definition) is 3. The van der Waals surface area contributed by atoms with Crippen molar-refractivity contribution in [2.24, 2.45) is 0 Å². The van der Waals surface area contributed by atoms with Crippen LogP contribution >= 0.6 is 11.3 Å². The molecule has 12 rings (SSSR count). The van der Waals surface area contributed by atoms with E-state index in [2.05, 4.69) is 180 Å². The predicted molar refractivity (Wildman–Crippen MR) is 257 cm³/mol. The highest BCUT2D eigenvalue weighted by atomic mass is 32.1. The number of hydrogen-bond donors (Lipinski definition) is 1. The van der Waals surface area contributed by atoms with Crippen molar-refractivity contribution >= 4 is 105 Å². The molecule has 0 bridgehead atoms. The van der Waals surface area contributed by atoms with Crippen LogP contribution in [0.3, 0.4) is 0 Å². The van der Waals surface area contributed by atoms with E-state index in [0.717, 1.165) is 24.1 Å². The van der Waals surface area contributed by atoms with E-state index in [-0.39, 0.29) is 16.2 Å². The predicted octanol–water partition coefficient (Wildman–Crippen LogP) is 13.8. The van der Waals surface area contributed by atoms with Gasteiger partial charge >= 0.3 is 0 Å². The zero-order chi connectivity index (χ0) is 40.2. The fourth-order valence-corrected chi connectivity index (χ4v) is 11.8. The second-order valence-electron chi connectivity index (χ2n) is 19.7. The summed E-state index contributed by atoms with van der Waals surface area (Å²) in [5, 5.41) is 11.6. The van der Waals surface area contributed by atoms with Crippen molar-refractivity contribution in [3.8, 4) is 16.8 Å². The molecule has 1 N–H and O–H groups in total. The summed E-state index contributed by atoms with van der Waals surface area (Å²) in [6.07, 6.45) is 2.34. The summed E-state index contributed by atoms with van der Waals surface area (Å²) < 4.78 is 11.8. The molecular formula is C54H47BN2OS. The van der Waals surface area contributed by atoms with Gasteiger partial charge in [-0.1, -0.05) is 121 Å². The highest BCUT2D eigenvalue weighted by Crippen LogP contribution is 2.50. The first-order chi connectivity index (χ1) is 28.3. The third-order valence-corrected chi connectivity index (χ3v) is 15.2. The van der Waals surface area contributed by atoms with Crippen molar-refractivity contribution in [2.75, 3.05) is 5.32 Å². The number of nitrogens with zero attached hydrogens (tertiary/aromatic N) is 1. The molecule has 7 aromatic carbocycles. The molecule has 1 aliphatic carbocycles. The topological polar surface area (TPSA) is 30.1 Å². The lowest BCUT2D eigenvalue weighted by atomic mass is 9.58. The lowest BCUT2D eigenvalue weighted by molar-refractivity contribution is 0.332. The Bertz CT molecular complexity index is 3420. The van der Waals surface area contributed by atoms with E-state index >= 15 is 0 Å². The van der Waals surface area contributed by atoms with Crippen molar-refractivity contribution in [3.05, 3.63) is 138 Å². The minimum absolute atomic E-state index is 0.0644. The van der Waals surface area contributed by atoms with Crippen LogP contribution in [0.15, 0.2) is 126 Å². The van der Waals surface area contributed by atoms with Crippen molar-refractivity contribution in [2.45, 2.75) is 77.6 Å². The summed E-state index contributed by atoms with van der Waals surface area (Å²) in [6.45, 7) is 16.6. The molecule has 0 unspecified atom stereocenters. The number of thiophene rings is 1. The molecule has 5 heteroatoms. The maximum Gasteiger partial charge on any atom is 0.198 e. The summed E-state index contributed by atoms with van der Waals surface area (Å²) in [5.41, 5.74) is 17.8. The minimum Gasteiger partial charge on any atom is -0.456 e. The highest BCUT2D eigenvalue weighted by Gasteiger charge is 2.38. The Balaban J connectivity index is 1.18. The molecule has 0 saturated carbocycles. The molecule has 3 nitrogen and oxygen atoms in total. The van der Waals surface area contributed by atoms with Crippen LogP contribution < -0.4 is 16.2 Å². The fraction of sp³-hybridized carbons (Fsp3) is 0.222. The number of para-hydroxylation sites is 1. The number of anilines is 2. The van der Waals surface area contributed by atoms with Crippen LogP contribution in [0.4, 0.5) is 11.4 Å². The zero-order valence-corrected chi connectivity index (χ0v) is 35.7. The van der Waals surface area contributed by atoms with Gasteiger partial charge in [0.15, 0.2) is 7.28 Å². The Kier molecular flexibility index (Phi) is 7.11. The quantitative estimate of drug-likeness (QED) is 0.181. The molecule has 4 heterocycles. The number of nitrogens with one attached hydrogen (secondary N) is 1. The largest absolute Gasteiger partial charge is 0.456 e. The van der Waals surface area contributed by atoms with Gasteiger partial charge < -0.3 is 14.3 Å².